The highest BCUT2D eigenvalue weighted by molar-refractivity contribution is 5.75. The number of aryl methyl sites for hydroxylation is 2. The van der Waals surface area contributed by atoms with Gasteiger partial charge in [0.2, 0.25) is 0 Å². The number of carbonyl (C=O) groups excluding carboxylic acids is 1. The molecule has 0 aliphatic rings. The summed E-state index contributed by atoms with van der Waals surface area (Å²) in [7, 11) is 3.33. The highest BCUT2D eigenvalue weighted by atomic mass is 16.5. The highest BCUT2D eigenvalue weighted by Gasteiger charge is 2.21. The van der Waals surface area contributed by atoms with Gasteiger partial charge in [0.25, 0.3) is 5.56 Å². The van der Waals surface area contributed by atoms with Crippen molar-refractivity contribution in [3.63, 3.8) is 0 Å². The molecule has 0 bridgehead atoms. The Morgan fingerprint density at radius 3 is 2.52 bits per heavy atom. The number of nitrogens with zero attached hydrogens (tertiary/aromatic N) is 4. The highest BCUT2D eigenvalue weighted by Crippen LogP contribution is 2.09. The molecule has 0 aromatic carbocycles. The molecule has 2 rings (SSSR count). The number of imidazole rings is 1. The molecule has 2 heterocycles. The lowest BCUT2D eigenvalue weighted by Gasteiger charge is -2.18. The molecule has 0 spiro atoms. The number of aromatic nitrogens is 4. The first-order valence-electron chi connectivity index (χ1n) is 9.22. The van der Waals surface area contributed by atoms with E-state index in [0.717, 1.165) is 0 Å². The SMILES string of the molecule is CC(CCCCn1c(=O)c2c(ncn2C)n(C)c1=O)OC(=O)[C@@H](N)C(C)C. The van der Waals surface area contributed by atoms with Gasteiger partial charge >= 0.3 is 11.7 Å². The molecular weight excluding hydrogens is 350 g/mol. The smallest absolute Gasteiger partial charge is 0.332 e. The van der Waals surface area contributed by atoms with Gasteiger partial charge in [0.15, 0.2) is 11.2 Å². The second-order valence-electron chi connectivity index (χ2n) is 7.34. The standard InChI is InChI=1S/C18H29N5O4/c1-11(2)13(19)17(25)27-12(3)8-6-7-9-23-16(24)14-15(20-10-21(14)4)22(5)18(23)26/h10-13H,6-9,19H2,1-5H3/t12?,13-/m0/s1. The summed E-state index contributed by atoms with van der Waals surface area (Å²) in [6.07, 6.45) is 3.23. The topological polar surface area (TPSA) is 114 Å². The second kappa shape index (κ2) is 8.51. The van der Waals surface area contributed by atoms with E-state index in [1.165, 1.54) is 15.5 Å². The molecular formula is C18H29N5O4. The van der Waals surface area contributed by atoms with Gasteiger partial charge in [-0.15, -0.1) is 0 Å². The molecule has 9 nitrogen and oxygen atoms in total. The zero-order valence-electron chi connectivity index (χ0n) is 16.6. The van der Waals surface area contributed by atoms with E-state index in [2.05, 4.69) is 4.98 Å². The number of nitrogens with two attached hydrogens (primary N) is 1. The predicted molar refractivity (Wildman–Crippen MR) is 102 cm³/mol. The Kier molecular flexibility index (Phi) is 6.59. The number of esters is 1. The Labute approximate surface area is 157 Å². The lowest BCUT2D eigenvalue weighted by Crippen LogP contribution is -2.39. The number of rotatable bonds is 8. The number of hydrogen-bond acceptors (Lipinski definition) is 6. The minimum absolute atomic E-state index is 0.0229. The van der Waals surface area contributed by atoms with Crippen LogP contribution >= 0.6 is 0 Å². The third-order valence-corrected chi connectivity index (χ3v) is 4.75. The van der Waals surface area contributed by atoms with E-state index in [1.54, 1.807) is 18.7 Å². The molecule has 0 saturated carbocycles. The van der Waals surface area contributed by atoms with Gasteiger partial charge in [-0.25, -0.2) is 9.78 Å². The van der Waals surface area contributed by atoms with Crippen LogP contribution in [0.1, 0.15) is 40.0 Å². The first-order chi connectivity index (χ1) is 12.6. The molecule has 1 unspecified atom stereocenters. The van der Waals surface area contributed by atoms with Crippen molar-refractivity contribution in [1.29, 1.82) is 0 Å². The molecule has 2 N–H and O–H groups in total. The second-order valence-corrected chi connectivity index (χ2v) is 7.34. The maximum Gasteiger partial charge on any atom is 0.332 e. The first kappa shape index (κ1) is 20.9. The van der Waals surface area contributed by atoms with Gasteiger partial charge in [-0.05, 0) is 32.1 Å². The fourth-order valence-corrected chi connectivity index (χ4v) is 2.90. The fourth-order valence-electron chi connectivity index (χ4n) is 2.90. The predicted octanol–water partition coefficient (Wildman–Crippen LogP) is 0.519. The van der Waals surface area contributed by atoms with Crippen molar-refractivity contribution in [2.24, 2.45) is 25.7 Å². The van der Waals surface area contributed by atoms with Crippen LogP contribution in [0.2, 0.25) is 0 Å². The molecule has 9 heteroatoms. The van der Waals surface area contributed by atoms with Crippen molar-refractivity contribution in [3.05, 3.63) is 27.2 Å². The fraction of sp³-hybridized carbons (Fsp3) is 0.667. The first-order valence-corrected chi connectivity index (χ1v) is 9.22. The third-order valence-electron chi connectivity index (χ3n) is 4.75. The summed E-state index contributed by atoms with van der Waals surface area (Å²) < 4.78 is 9.58. The quantitative estimate of drug-likeness (QED) is 0.528. The molecule has 0 aliphatic heterocycles. The minimum atomic E-state index is -0.625. The van der Waals surface area contributed by atoms with Crippen LogP contribution < -0.4 is 17.0 Å². The Morgan fingerprint density at radius 1 is 1.22 bits per heavy atom. The van der Waals surface area contributed by atoms with Gasteiger partial charge in [0.1, 0.15) is 6.04 Å². The molecule has 0 amide bonds. The molecule has 0 fully saturated rings. The van der Waals surface area contributed by atoms with Gasteiger partial charge < -0.3 is 15.0 Å². The largest absolute Gasteiger partial charge is 0.462 e. The molecule has 0 radical (unpaired) electrons. The molecule has 2 aromatic heterocycles. The molecule has 0 aliphatic carbocycles. The maximum atomic E-state index is 12.6. The summed E-state index contributed by atoms with van der Waals surface area (Å²) in [5.74, 6) is -0.376. The average molecular weight is 379 g/mol. The van der Waals surface area contributed by atoms with E-state index in [0.29, 0.717) is 37.0 Å². The van der Waals surface area contributed by atoms with E-state index in [-0.39, 0.29) is 23.3 Å². The van der Waals surface area contributed by atoms with Crippen molar-refractivity contribution >= 4 is 17.1 Å². The van der Waals surface area contributed by atoms with E-state index in [4.69, 9.17) is 10.5 Å². The molecule has 150 valence electrons. The van der Waals surface area contributed by atoms with E-state index in [1.807, 2.05) is 20.8 Å². The Hall–Kier alpha value is -2.42. The lowest BCUT2D eigenvalue weighted by atomic mass is 10.1. The monoisotopic (exact) mass is 379 g/mol. The minimum Gasteiger partial charge on any atom is -0.462 e. The Bertz CT molecular complexity index is 924. The van der Waals surface area contributed by atoms with Crippen LogP contribution in [0.4, 0.5) is 0 Å². The van der Waals surface area contributed by atoms with Gasteiger partial charge in [0.05, 0.1) is 12.4 Å². The van der Waals surface area contributed by atoms with Crippen molar-refractivity contribution in [2.75, 3.05) is 0 Å². The molecule has 27 heavy (non-hydrogen) atoms. The van der Waals surface area contributed by atoms with Gasteiger partial charge in [-0.1, -0.05) is 13.8 Å². The van der Waals surface area contributed by atoms with Crippen LogP contribution in [0.3, 0.4) is 0 Å². The summed E-state index contributed by atoms with van der Waals surface area (Å²) in [6.45, 7) is 5.86. The number of fused-ring (bicyclic) bond motifs is 1. The molecule has 0 saturated heterocycles. The number of ether oxygens (including phenoxy) is 1. The van der Waals surface area contributed by atoms with Gasteiger partial charge in [0, 0.05) is 20.6 Å². The van der Waals surface area contributed by atoms with Crippen molar-refractivity contribution in [1.82, 2.24) is 18.7 Å². The summed E-state index contributed by atoms with van der Waals surface area (Å²) in [5.41, 5.74) is 5.85. The number of carbonyl (C=O) groups is 1. The van der Waals surface area contributed by atoms with Crippen LogP contribution in [0.5, 0.6) is 0 Å². The Balaban J connectivity index is 1.96. The molecule has 2 atom stereocenters. The third kappa shape index (κ3) is 4.47. The maximum absolute atomic E-state index is 12.6. The zero-order valence-corrected chi connectivity index (χ0v) is 16.6. The van der Waals surface area contributed by atoms with Crippen LogP contribution in [-0.2, 0) is 30.2 Å². The van der Waals surface area contributed by atoms with E-state index < -0.39 is 12.0 Å². The van der Waals surface area contributed by atoms with Crippen molar-refractivity contribution < 1.29 is 9.53 Å². The summed E-state index contributed by atoms with van der Waals surface area (Å²) >= 11 is 0. The molecule has 2 aromatic rings. The van der Waals surface area contributed by atoms with Crippen LogP contribution in [0, 0.1) is 5.92 Å². The Morgan fingerprint density at radius 2 is 1.89 bits per heavy atom. The van der Waals surface area contributed by atoms with Crippen molar-refractivity contribution in [3.8, 4) is 0 Å². The van der Waals surface area contributed by atoms with Crippen LogP contribution in [0.25, 0.3) is 11.2 Å². The zero-order chi connectivity index (χ0) is 20.3. The normalized spacial score (nSPS) is 13.9. The average Bonchev–Trinajstić information content (AvgIpc) is 3.00. The lowest BCUT2D eigenvalue weighted by molar-refractivity contribution is -0.151. The summed E-state index contributed by atoms with van der Waals surface area (Å²) in [5, 5.41) is 0. The summed E-state index contributed by atoms with van der Waals surface area (Å²) in [6, 6.07) is -0.625. The van der Waals surface area contributed by atoms with E-state index >= 15 is 0 Å². The van der Waals surface area contributed by atoms with Crippen LogP contribution in [0.15, 0.2) is 15.9 Å². The van der Waals surface area contributed by atoms with E-state index in [9.17, 15) is 14.4 Å². The van der Waals surface area contributed by atoms with Crippen LogP contribution in [-0.4, -0.2) is 36.8 Å². The van der Waals surface area contributed by atoms with Gasteiger partial charge in [-0.2, -0.15) is 0 Å². The summed E-state index contributed by atoms with van der Waals surface area (Å²) in [4.78, 5) is 41.0. The van der Waals surface area contributed by atoms with Gasteiger partial charge in [-0.3, -0.25) is 18.7 Å². The van der Waals surface area contributed by atoms with Crippen molar-refractivity contribution in [2.45, 2.75) is 58.7 Å². The number of hydrogen-bond donors (Lipinski definition) is 1. The number of unbranched alkanes of at least 4 members (excludes halogenated alkanes) is 1.